The Kier molecular flexibility index (Phi) is 4.09. The Bertz CT molecular complexity index is 865. The number of nitrogens with zero attached hydrogens (tertiary/aromatic N) is 3. The van der Waals surface area contributed by atoms with Crippen LogP contribution in [-0.2, 0) is 7.05 Å². The van der Waals surface area contributed by atoms with Gasteiger partial charge in [-0.2, -0.15) is 13.9 Å². The number of hydrogen-bond donors (Lipinski definition) is 0. The fourth-order valence-electron chi connectivity index (χ4n) is 2.14. The Balaban J connectivity index is 2.22. The maximum Gasteiger partial charge on any atom is 0.388 e. The minimum absolute atomic E-state index is 0.0330. The van der Waals surface area contributed by atoms with Crippen LogP contribution in [0.5, 0.6) is 5.88 Å². The van der Waals surface area contributed by atoms with Gasteiger partial charge in [0, 0.05) is 12.6 Å². The van der Waals surface area contributed by atoms with Gasteiger partial charge in [0.05, 0.1) is 14.7 Å². The topological polar surface area (TPSA) is 39.9 Å². The van der Waals surface area contributed by atoms with Crippen LogP contribution in [0.2, 0.25) is 5.02 Å². The summed E-state index contributed by atoms with van der Waals surface area (Å²) in [6, 6.07) is 3.51. The normalized spacial score (nSPS) is 11.6. The molecule has 0 bridgehead atoms. The fraction of sp³-hybridized carbons (Fsp3) is 0.231. The van der Waals surface area contributed by atoms with Gasteiger partial charge in [-0.25, -0.2) is 9.67 Å². The molecule has 2 heterocycles. The van der Waals surface area contributed by atoms with Crippen molar-refractivity contribution in [3.63, 3.8) is 0 Å². The van der Waals surface area contributed by atoms with Crippen molar-refractivity contribution in [2.45, 2.75) is 13.5 Å². The molecule has 3 aromatic rings. The molecule has 0 N–H and O–H groups in total. The van der Waals surface area contributed by atoms with Gasteiger partial charge < -0.3 is 4.74 Å². The molecule has 0 spiro atoms. The van der Waals surface area contributed by atoms with E-state index in [9.17, 15) is 8.78 Å². The van der Waals surface area contributed by atoms with E-state index in [0.29, 0.717) is 20.7 Å². The van der Waals surface area contributed by atoms with E-state index in [4.69, 9.17) is 11.6 Å². The summed E-state index contributed by atoms with van der Waals surface area (Å²) >= 11 is 10.9. The van der Waals surface area contributed by atoms with E-state index in [1.54, 1.807) is 12.1 Å². The summed E-state index contributed by atoms with van der Waals surface area (Å²) in [5.41, 5.74) is 1.94. The highest BCUT2D eigenvalue weighted by Crippen LogP contribution is 2.41. The summed E-state index contributed by atoms with van der Waals surface area (Å²) in [5.74, 6) is -0.0330. The fourth-order valence-corrected chi connectivity index (χ4v) is 3.99. The highest BCUT2D eigenvalue weighted by molar-refractivity contribution is 9.10. The maximum atomic E-state index is 12.5. The number of benzene rings is 1. The zero-order chi connectivity index (χ0) is 16.0. The predicted octanol–water partition coefficient (Wildman–Crippen LogP) is 5.02. The number of halogens is 4. The third-order valence-corrected chi connectivity index (χ3v) is 5.02. The summed E-state index contributed by atoms with van der Waals surface area (Å²) in [4.78, 5) is 4.39. The molecule has 0 aliphatic carbocycles. The number of aryl methyl sites for hydroxylation is 2. The molecule has 22 heavy (non-hydrogen) atoms. The van der Waals surface area contributed by atoms with Crippen LogP contribution in [0.3, 0.4) is 0 Å². The van der Waals surface area contributed by atoms with E-state index < -0.39 is 6.61 Å². The van der Waals surface area contributed by atoms with Crippen LogP contribution in [0, 0.1) is 6.92 Å². The molecule has 0 fully saturated rings. The maximum absolute atomic E-state index is 12.5. The Morgan fingerprint density at radius 3 is 2.82 bits per heavy atom. The van der Waals surface area contributed by atoms with Gasteiger partial charge in [-0.1, -0.05) is 11.6 Å². The molecule has 0 aliphatic heterocycles. The molecule has 0 saturated heterocycles. The first-order valence-corrected chi connectivity index (χ1v) is 8.10. The van der Waals surface area contributed by atoms with E-state index in [0.717, 1.165) is 15.3 Å². The molecule has 9 heteroatoms. The Morgan fingerprint density at radius 2 is 2.14 bits per heavy atom. The molecule has 0 atom stereocenters. The summed E-state index contributed by atoms with van der Waals surface area (Å²) in [6.07, 6.45) is 0. The third-order valence-electron chi connectivity index (χ3n) is 3.00. The second kappa shape index (κ2) is 5.75. The molecule has 116 valence electrons. The number of rotatable bonds is 3. The highest BCUT2D eigenvalue weighted by atomic mass is 79.9. The second-order valence-corrected chi connectivity index (χ2v) is 6.88. The smallest absolute Gasteiger partial charge is 0.388 e. The van der Waals surface area contributed by atoms with Crippen LogP contribution >= 0.6 is 38.9 Å². The molecule has 0 amide bonds. The van der Waals surface area contributed by atoms with Crippen molar-refractivity contribution in [3.05, 3.63) is 26.6 Å². The van der Waals surface area contributed by atoms with E-state index in [-0.39, 0.29) is 5.88 Å². The molecule has 0 saturated carbocycles. The van der Waals surface area contributed by atoms with Crippen molar-refractivity contribution in [2.24, 2.45) is 7.05 Å². The number of ether oxygens (including phenoxy) is 1. The standard InChI is InChI=1S/C13H9BrClF2N3OS/c1-5-18-10-7(15)4-3-6(11(10)22-5)9-8(14)12(20(2)19-9)21-13(16)17/h3-4,13H,1-2H3. The van der Waals surface area contributed by atoms with Gasteiger partial charge in [0.1, 0.15) is 15.7 Å². The van der Waals surface area contributed by atoms with Gasteiger partial charge in [0.15, 0.2) is 0 Å². The average molecular weight is 409 g/mol. The molecule has 2 aromatic heterocycles. The lowest BCUT2D eigenvalue weighted by Gasteiger charge is -2.04. The van der Waals surface area contributed by atoms with Crippen LogP contribution in [0.25, 0.3) is 21.5 Å². The summed E-state index contributed by atoms with van der Waals surface area (Å²) in [7, 11) is 1.54. The van der Waals surface area contributed by atoms with Crippen molar-refractivity contribution in [1.82, 2.24) is 14.8 Å². The molecule has 1 aromatic carbocycles. The zero-order valence-corrected chi connectivity index (χ0v) is 14.6. The van der Waals surface area contributed by atoms with Crippen molar-refractivity contribution in [2.75, 3.05) is 0 Å². The molecular weight excluding hydrogens is 400 g/mol. The van der Waals surface area contributed by atoms with E-state index in [1.165, 1.54) is 23.1 Å². The van der Waals surface area contributed by atoms with Crippen molar-refractivity contribution in [1.29, 1.82) is 0 Å². The lowest BCUT2D eigenvalue weighted by atomic mass is 10.1. The van der Waals surface area contributed by atoms with Gasteiger partial charge in [-0.3, -0.25) is 0 Å². The SMILES string of the molecule is Cc1nc2c(Cl)ccc(-c3nn(C)c(OC(F)F)c3Br)c2s1. The highest BCUT2D eigenvalue weighted by Gasteiger charge is 2.22. The summed E-state index contributed by atoms with van der Waals surface area (Å²) in [6.45, 7) is -1.04. The molecule has 0 radical (unpaired) electrons. The summed E-state index contributed by atoms with van der Waals surface area (Å²) in [5, 5.41) is 5.67. The van der Waals surface area contributed by atoms with E-state index in [2.05, 4.69) is 30.7 Å². The number of fused-ring (bicyclic) bond motifs is 1. The predicted molar refractivity (Wildman–Crippen MR) is 85.9 cm³/mol. The number of alkyl halides is 2. The number of hydrogen-bond acceptors (Lipinski definition) is 4. The monoisotopic (exact) mass is 407 g/mol. The molecule has 4 nitrogen and oxygen atoms in total. The first-order chi connectivity index (χ1) is 10.4. The largest absolute Gasteiger partial charge is 0.416 e. The third kappa shape index (κ3) is 2.59. The van der Waals surface area contributed by atoms with Crippen molar-refractivity contribution >= 4 is 49.1 Å². The van der Waals surface area contributed by atoms with Crippen LogP contribution < -0.4 is 4.74 Å². The molecular formula is C13H9BrClF2N3OS. The van der Waals surface area contributed by atoms with Gasteiger partial charge in [0.25, 0.3) is 0 Å². The molecule has 0 aliphatic rings. The lowest BCUT2D eigenvalue weighted by molar-refractivity contribution is -0.0558. The van der Waals surface area contributed by atoms with Crippen molar-refractivity contribution < 1.29 is 13.5 Å². The van der Waals surface area contributed by atoms with Gasteiger partial charge in [-0.05, 0) is 35.0 Å². The lowest BCUT2D eigenvalue weighted by Crippen LogP contribution is -2.06. The molecule has 0 unspecified atom stereocenters. The first-order valence-electron chi connectivity index (χ1n) is 6.11. The number of thiazole rings is 1. The van der Waals surface area contributed by atoms with Crippen LogP contribution in [0.15, 0.2) is 16.6 Å². The zero-order valence-electron chi connectivity index (χ0n) is 11.4. The molecule has 3 rings (SSSR count). The quantitative estimate of drug-likeness (QED) is 0.611. The van der Waals surface area contributed by atoms with Crippen LogP contribution in [-0.4, -0.2) is 21.4 Å². The van der Waals surface area contributed by atoms with Gasteiger partial charge in [0.2, 0.25) is 5.88 Å². The Hall–Kier alpha value is -1.25. The second-order valence-electron chi connectivity index (χ2n) is 4.48. The van der Waals surface area contributed by atoms with E-state index >= 15 is 0 Å². The average Bonchev–Trinajstić information content (AvgIpc) is 2.95. The Morgan fingerprint density at radius 1 is 1.41 bits per heavy atom. The van der Waals surface area contributed by atoms with Crippen LogP contribution in [0.1, 0.15) is 5.01 Å². The van der Waals surface area contributed by atoms with Gasteiger partial charge >= 0.3 is 6.61 Å². The van der Waals surface area contributed by atoms with Crippen molar-refractivity contribution in [3.8, 4) is 17.1 Å². The summed E-state index contributed by atoms with van der Waals surface area (Å²) < 4.78 is 32.0. The van der Waals surface area contributed by atoms with Crippen LogP contribution in [0.4, 0.5) is 8.78 Å². The minimum Gasteiger partial charge on any atom is -0.416 e. The minimum atomic E-state index is -2.92. The van der Waals surface area contributed by atoms with Gasteiger partial charge in [-0.15, -0.1) is 11.3 Å². The van der Waals surface area contributed by atoms with E-state index in [1.807, 2.05) is 6.92 Å². The Labute approximate surface area is 141 Å². The first kappa shape index (κ1) is 15.6. The number of aromatic nitrogens is 3.